The van der Waals surface area contributed by atoms with Crippen LogP contribution in [0, 0.1) is 5.82 Å². The fourth-order valence-electron chi connectivity index (χ4n) is 1.97. The van der Waals surface area contributed by atoms with Gasteiger partial charge in [-0.2, -0.15) is 11.8 Å². The molecule has 21 heavy (non-hydrogen) atoms. The van der Waals surface area contributed by atoms with Gasteiger partial charge < -0.3 is 5.32 Å². The Morgan fingerprint density at radius 3 is 2.81 bits per heavy atom. The lowest BCUT2D eigenvalue weighted by Crippen LogP contribution is -2.27. The fraction of sp³-hybridized carbons (Fsp3) is 0.571. The number of benzene rings is 1. The second kappa shape index (κ2) is 7.58. The van der Waals surface area contributed by atoms with Gasteiger partial charge in [-0.1, -0.05) is 6.07 Å². The van der Waals surface area contributed by atoms with Gasteiger partial charge in [-0.05, 0) is 49.0 Å². The van der Waals surface area contributed by atoms with E-state index in [1.807, 2.05) is 6.26 Å². The van der Waals surface area contributed by atoms with Crippen LogP contribution in [0.15, 0.2) is 23.1 Å². The highest BCUT2D eigenvalue weighted by Crippen LogP contribution is 2.22. The molecule has 0 atom stereocenters. The van der Waals surface area contributed by atoms with Crippen molar-refractivity contribution in [2.45, 2.75) is 36.7 Å². The lowest BCUT2D eigenvalue weighted by molar-refractivity contribution is 0.572. The summed E-state index contributed by atoms with van der Waals surface area (Å²) in [7, 11) is -3.66. The second-order valence-corrected chi connectivity index (χ2v) is 7.87. The first-order valence-corrected chi connectivity index (χ1v) is 9.91. The van der Waals surface area contributed by atoms with Crippen molar-refractivity contribution in [1.29, 1.82) is 0 Å². The maximum Gasteiger partial charge on any atom is 0.240 e. The summed E-state index contributed by atoms with van der Waals surface area (Å²) >= 11 is 1.67. The summed E-state index contributed by atoms with van der Waals surface area (Å²) in [5, 5.41) is 3.26. The summed E-state index contributed by atoms with van der Waals surface area (Å²) in [5.74, 6) is 0.358. The molecule has 0 bridgehead atoms. The van der Waals surface area contributed by atoms with Gasteiger partial charge >= 0.3 is 0 Å². The molecule has 1 aliphatic rings. The van der Waals surface area contributed by atoms with Crippen molar-refractivity contribution in [2.75, 3.05) is 18.6 Å². The van der Waals surface area contributed by atoms with E-state index < -0.39 is 15.8 Å². The molecule has 1 aliphatic carbocycles. The van der Waals surface area contributed by atoms with Crippen LogP contribution < -0.4 is 10.0 Å². The lowest BCUT2D eigenvalue weighted by Gasteiger charge is -2.12. The molecule has 0 spiro atoms. The molecule has 1 aromatic rings. The Kier molecular flexibility index (Phi) is 6.04. The zero-order valence-corrected chi connectivity index (χ0v) is 13.7. The Hall–Kier alpha value is -0.630. The normalized spacial score (nSPS) is 15.3. The van der Waals surface area contributed by atoms with E-state index >= 15 is 0 Å². The number of hydrogen-bond acceptors (Lipinski definition) is 4. The zero-order valence-electron chi connectivity index (χ0n) is 12.1. The van der Waals surface area contributed by atoms with Gasteiger partial charge in [-0.15, -0.1) is 0 Å². The van der Waals surface area contributed by atoms with E-state index in [0.717, 1.165) is 31.1 Å². The number of sulfonamides is 1. The molecule has 0 radical (unpaired) electrons. The van der Waals surface area contributed by atoms with Crippen LogP contribution in [0.1, 0.15) is 24.8 Å². The average Bonchev–Trinajstić information content (AvgIpc) is 3.26. The van der Waals surface area contributed by atoms with Gasteiger partial charge in [-0.3, -0.25) is 0 Å². The molecule has 0 amide bonds. The summed E-state index contributed by atoms with van der Waals surface area (Å²) in [4.78, 5) is 0.0415. The highest BCUT2D eigenvalue weighted by Gasteiger charge is 2.23. The van der Waals surface area contributed by atoms with Gasteiger partial charge in [0, 0.05) is 19.1 Å². The van der Waals surface area contributed by atoms with Crippen molar-refractivity contribution in [3.63, 3.8) is 0 Å². The highest BCUT2D eigenvalue weighted by molar-refractivity contribution is 7.98. The van der Waals surface area contributed by atoms with Crippen molar-refractivity contribution >= 4 is 21.8 Å². The maximum atomic E-state index is 13.4. The second-order valence-electron chi connectivity index (χ2n) is 5.15. The van der Waals surface area contributed by atoms with E-state index in [2.05, 4.69) is 10.0 Å². The third kappa shape index (κ3) is 5.25. The third-order valence-electron chi connectivity index (χ3n) is 3.29. The minimum atomic E-state index is -3.66. The first kappa shape index (κ1) is 16.7. The van der Waals surface area contributed by atoms with Gasteiger partial charge in [0.05, 0.1) is 4.90 Å². The monoisotopic (exact) mass is 332 g/mol. The fourth-order valence-corrected chi connectivity index (χ4v) is 3.72. The topological polar surface area (TPSA) is 58.2 Å². The molecule has 1 saturated carbocycles. The van der Waals surface area contributed by atoms with Gasteiger partial charge in [-0.25, -0.2) is 17.5 Å². The average molecular weight is 332 g/mol. The van der Waals surface area contributed by atoms with Crippen molar-refractivity contribution in [3.8, 4) is 0 Å². The first-order valence-electron chi connectivity index (χ1n) is 7.03. The van der Waals surface area contributed by atoms with Gasteiger partial charge in [0.1, 0.15) is 5.82 Å². The van der Waals surface area contributed by atoms with Crippen LogP contribution in [0.4, 0.5) is 4.39 Å². The van der Waals surface area contributed by atoms with Crippen LogP contribution in [0.5, 0.6) is 0 Å². The predicted octanol–water partition coefficient (Wildman–Crippen LogP) is 2.11. The molecule has 0 aromatic heterocycles. The van der Waals surface area contributed by atoms with E-state index in [9.17, 15) is 12.8 Å². The quantitative estimate of drug-likeness (QED) is 0.680. The molecule has 2 rings (SSSR count). The smallest absolute Gasteiger partial charge is 0.240 e. The number of halogens is 1. The SMILES string of the molecule is CSCCCNS(=O)(=O)c1cc(F)ccc1CNC1CC1. The summed E-state index contributed by atoms with van der Waals surface area (Å²) < 4.78 is 40.6. The van der Waals surface area contributed by atoms with Gasteiger partial charge in [0.25, 0.3) is 0 Å². The summed E-state index contributed by atoms with van der Waals surface area (Å²) in [6.07, 6.45) is 4.97. The zero-order chi connectivity index (χ0) is 15.3. The first-order chi connectivity index (χ1) is 10.0. The predicted molar refractivity (Wildman–Crippen MR) is 84.4 cm³/mol. The molecule has 1 aromatic carbocycles. The number of nitrogens with one attached hydrogen (secondary N) is 2. The largest absolute Gasteiger partial charge is 0.310 e. The molecule has 4 nitrogen and oxygen atoms in total. The van der Waals surface area contributed by atoms with Crippen LogP contribution >= 0.6 is 11.8 Å². The standard InChI is InChI=1S/C14H21FN2O2S2/c1-20-8-2-7-17-21(18,19)14-9-12(15)4-3-11(14)10-16-13-5-6-13/h3-4,9,13,16-17H,2,5-8,10H2,1H3. The van der Waals surface area contributed by atoms with Crippen molar-refractivity contribution in [1.82, 2.24) is 10.0 Å². The summed E-state index contributed by atoms with van der Waals surface area (Å²) in [6, 6.07) is 4.42. The maximum absolute atomic E-state index is 13.4. The van der Waals surface area contributed by atoms with E-state index in [1.165, 1.54) is 6.07 Å². The van der Waals surface area contributed by atoms with Crippen LogP contribution in [-0.4, -0.2) is 33.0 Å². The van der Waals surface area contributed by atoms with E-state index in [0.29, 0.717) is 24.7 Å². The van der Waals surface area contributed by atoms with Crippen LogP contribution in [0.2, 0.25) is 0 Å². The van der Waals surface area contributed by atoms with Crippen molar-refractivity contribution in [2.24, 2.45) is 0 Å². The Morgan fingerprint density at radius 2 is 2.14 bits per heavy atom. The molecule has 1 fully saturated rings. The molecule has 0 aliphatic heterocycles. The van der Waals surface area contributed by atoms with E-state index in [-0.39, 0.29) is 4.90 Å². The molecule has 2 N–H and O–H groups in total. The van der Waals surface area contributed by atoms with Gasteiger partial charge in [0.15, 0.2) is 0 Å². The van der Waals surface area contributed by atoms with Gasteiger partial charge in [0.2, 0.25) is 10.0 Å². The molecule has 0 saturated heterocycles. The highest BCUT2D eigenvalue weighted by atomic mass is 32.2. The Labute approximate surface area is 129 Å². The van der Waals surface area contributed by atoms with Crippen molar-refractivity contribution in [3.05, 3.63) is 29.6 Å². The number of rotatable bonds is 9. The molecule has 0 unspecified atom stereocenters. The molecule has 0 heterocycles. The molecule has 118 valence electrons. The van der Waals surface area contributed by atoms with Crippen molar-refractivity contribution < 1.29 is 12.8 Å². The molecular weight excluding hydrogens is 311 g/mol. The number of thioether (sulfide) groups is 1. The van der Waals surface area contributed by atoms with Crippen LogP contribution in [-0.2, 0) is 16.6 Å². The van der Waals surface area contributed by atoms with E-state index in [1.54, 1.807) is 17.8 Å². The third-order valence-corrected chi connectivity index (χ3v) is 5.53. The van der Waals surface area contributed by atoms with Crippen LogP contribution in [0.25, 0.3) is 0 Å². The molecule has 7 heteroatoms. The minimum absolute atomic E-state index is 0.0415. The summed E-state index contributed by atoms with van der Waals surface area (Å²) in [5.41, 5.74) is 0.612. The van der Waals surface area contributed by atoms with Crippen LogP contribution in [0.3, 0.4) is 0 Å². The Morgan fingerprint density at radius 1 is 1.38 bits per heavy atom. The number of hydrogen-bond donors (Lipinski definition) is 2. The molecular formula is C14H21FN2O2S2. The summed E-state index contributed by atoms with van der Waals surface area (Å²) in [6.45, 7) is 0.821. The lowest BCUT2D eigenvalue weighted by atomic mass is 10.2. The minimum Gasteiger partial charge on any atom is -0.310 e. The Bertz CT molecular complexity index is 574. The van der Waals surface area contributed by atoms with E-state index in [4.69, 9.17) is 0 Å². The Balaban J connectivity index is 2.08.